The SMILES string of the molecule is CC(C)n1cc2ccc(I)cc2n1. The van der Waals surface area contributed by atoms with Crippen molar-refractivity contribution in [2.75, 3.05) is 0 Å². The summed E-state index contributed by atoms with van der Waals surface area (Å²) in [7, 11) is 0. The highest BCUT2D eigenvalue weighted by Gasteiger charge is 2.02. The second-order valence-corrected chi connectivity index (χ2v) is 4.65. The minimum atomic E-state index is 0.435. The number of rotatable bonds is 1. The molecule has 1 heterocycles. The quantitative estimate of drug-likeness (QED) is 0.736. The molecular formula is C10H11IN2. The van der Waals surface area contributed by atoms with E-state index in [4.69, 9.17) is 0 Å². The van der Waals surface area contributed by atoms with Crippen LogP contribution in [0.3, 0.4) is 0 Å². The Morgan fingerprint density at radius 3 is 2.85 bits per heavy atom. The molecule has 0 aliphatic carbocycles. The number of fused-ring (bicyclic) bond motifs is 1. The molecule has 0 radical (unpaired) electrons. The first-order chi connectivity index (χ1) is 6.16. The summed E-state index contributed by atoms with van der Waals surface area (Å²) < 4.78 is 3.24. The van der Waals surface area contributed by atoms with Gasteiger partial charge in [-0.3, -0.25) is 4.68 Å². The minimum absolute atomic E-state index is 0.435. The third kappa shape index (κ3) is 1.70. The van der Waals surface area contributed by atoms with E-state index in [0.29, 0.717) is 6.04 Å². The van der Waals surface area contributed by atoms with Gasteiger partial charge in [0, 0.05) is 21.2 Å². The van der Waals surface area contributed by atoms with Gasteiger partial charge < -0.3 is 0 Å². The second-order valence-electron chi connectivity index (χ2n) is 3.41. The fourth-order valence-corrected chi connectivity index (χ4v) is 1.75. The number of hydrogen-bond acceptors (Lipinski definition) is 1. The lowest BCUT2D eigenvalue weighted by Crippen LogP contribution is -1.99. The van der Waals surface area contributed by atoms with Crippen LogP contribution in [0.25, 0.3) is 10.9 Å². The van der Waals surface area contributed by atoms with Crippen LogP contribution in [0.5, 0.6) is 0 Å². The van der Waals surface area contributed by atoms with Crippen LogP contribution in [0.1, 0.15) is 19.9 Å². The molecule has 13 heavy (non-hydrogen) atoms. The van der Waals surface area contributed by atoms with E-state index in [1.165, 1.54) is 8.96 Å². The molecule has 0 atom stereocenters. The first-order valence-corrected chi connectivity index (χ1v) is 5.39. The summed E-state index contributed by atoms with van der Waals surface area (Å²) in [4.78, 5) is 0. The van der Waals surface area contributed by atoms with E-state index >= 15 is 0 Å². The maximum atomic E-state index is 4.48. The maximum absolute atomic E-state index is 4.48. The number of halogens is 1. The van der Waals surface area contributed by atoms with Gasteiger partial charge in [0.05, 0.1) is 5.52 Å². The molecule has 68 valence electrons. The smallest absolute Gasteiger partial charge is 0.0933 e. The predicted octanol–water partition coefficient (Wildman–Crippen LogP) is 3.22. The van der Waals surface area contributed by atoms with E-state index in [1.807, 2.05) is 4.68 Å². The van der Waals surface area contributed by atoms with Crippen molar-refractivity contribution in [2.45, 2.75) is 19.9 Å². The molecule has 0 saturated carbocycles. The Morgan fingerprint density at radius 2 is 2.15 bits per heavy atom. The van der Waals surface area contributed by atoms with Crippen molar-refractivity contribution >= 4 is 33.5 Å². The van der Waals surface area contributed by atoms with Gasteiger partial charge in [-0.05, 0) is 48.6 Å². The van der Waals surface area contributed by atoms with Gasteiger partial charge in [-0.15, -0.1) is 0 Å². The average molecular weight is 286 g/mol. The Kier molecular flexibility index (Phi) is 2.27. The van der Waals surface area contributed by atoms with E-state index in [1.54, 1.807) is 0 Å². The fraction of sp³-hybridized carbons (Fsp3) is 0.300. The van der Waals surface area contributed by atoms with Crippen LogP contribution >= 0.6 is 22.6 Å². The van der Waals surface area contributed by atoms with E-state index in [-0.39, 0.29) is 0 Å². The molecule has 0 N–H and O–H groups in total. The molecule has 0 unspecified atom stereocenters. The van der Waals surface area contributed by atoms with Crippen molar-refractivity contribution in [3.8, 4) is 0 Å². The molecule has 2 nitrogen and oxygen atoms in total. The first kappa shape index (κ1) is 8.99. The van der Waals surface area contributed by atoms with Gasteiger partial charge >= 0.3 is 0 Å². The van der Waals surface area contributed by atoms with Crippen LogP contribution in [0.2, 0.25) is 0 Å². The highest BCUT2D eigenvalue weighted by atomic mass is 127. The fourth-order valence-electron chi connectivity index (χ4n) is 1.27. The third-order valence-electron chi connectivity index (χ3n) is 2.02. The maximum Gasteiger partial charge on any atom is 0.0933 e. The normalized spacial score (nSPS) is 11.4. The van der Waals surface area contributed by atoms with Gasteiger partial charge in [-0.2, -0.15) is 5.10 Å². The van der Waals surface area contributed by atoms with Crippen molar-refractivity contribution in [1.82, 2.24) is 9.78 Å². The number of hydrogen-bond donors (Lipinski definition) is 0. The largest absolute Gasteiger partial charge is 0.269 e. The van der Waals surface area contributed by atoms with Gasteiger partial charge in [-0.25, -0.2) is 0 Å². The molecule has 1 aromatic heterocycles. The molecule has 3 heteroatoms. The molecule has 0 amide bonds. The summed E-state index contributed by atoms with van der Waals surface area (Å²) in [6.07, 6.45) is 2.09. The average Bonchev–Trinajstić information content (AvgIpc) is 2.46. The zero-order valence-electron chi connectivity index (χ0n) is 7.66. The highest BCUT2D eigenvalue weighted by Crippen LogP contribution is 2.17. The van der Waals surface area contributed by atoms with Gasteiger partial charge in [-0.1, -0.05) is 6.07 Å². The van der Waals surface area contributed by atoms with Gasteiger partial charge in [0.2, 0.25) is 0 Å². The van der Waals surface area contributed by atoms with Crippen LogP contribution < -0.4 is 0 Å². The van der Waals surface area contributed by atoms with E-state index in [2.05, 4.69) is 65.9 Å². The van der Waals surface area contributed by atoms with E-state index in [9.17, 15) is 0 Å². The van der Waals surface area contributed by atoms with Crippen molar-refractivity contribution in [3.63, 3.8) is 0 Å². The van der Waals surface area contributed by atoms with Crippen LogP contribution in [0, 0.1) is 3.57 Å². The molecule has 0 spiro atoms. The Hall–Kier alpha value is -0.580. The lowest BCUT2D eigenvalue weighted by Gasteiger charge is -2.02. The molecule has 0 bridgehead atoms. The summed E-state index contributed by atoms with van der Waals surface area (Å²) in [6, 6.07) is 6.76. The summed E-state index contributed by atoms with van der Waals surface area (Å²) in [5, 5.41) is 5.70. The molecule has 0 aliphatic rings. The zero-order chi connectivity index (χ0) is 9.42. The Morgan fingerprint density at radius 1 is 1.38 bits per heavy atom. The number of benzene rings is 1. The standard InChI is InChI=1S/C10H11IN2/c1-7(2)13-6-8-3-4-9(11)5-10(8)12-13/h3-7H,1-2H3. The van der Waals surface area contributed by atoms with Crippen LogP contribution in [0.4, 0.5) is 0 Å². The number of aromatic nitrogens is 2. The van der Waals surface area contributed by atoms with Crippen molar-refractivity contribution in [1.29, 1.82) is 0 Å². The lowest BCUT2D eigenvalue weighted by molar-refractivity contribution is 0.537. The number of nitrogens with zero attached hydrogens (tertiary/aromatic N) is 2. The lowest BCUT2D eigenvalue weighted by atomic mass is 10.3. The van der Waals surface area contributed by atoms with Crippen molar-refractivity contribution < 1.29 is 0 Å². The molecule has 2 aromatic rings. The van der Waals surface area contributed by atoms with E-state index < -0.39 is 0 Å². The van der Waals surface area contributed by atoms with Gasteiger partial charge in [0.15, 0.2) is 0 Å². The summed E-state index contributed by atoms with van der Waals surface area (Å²) in [6.45, 7) is 4.27. The third-order valence-corrected chi connectivity index (χ3v) is 2.69. The molecule has 2 rings (SSSR count). The molecule has 0 fully saturated rings. The topological polar surface area (TPSA) is 17.8 Å². The van der Waals surface area contributed by atoms with E-state index in [0.717, 1.165) is 5.52 Å². The first-order valence-electron chi connectivity index (χ1n) is 4.31. The monoisotopic (exact) mass is 286 g/mol. The molecule has 0 aliphatic heterocycles. The second kappa shape index (κ2) is 3.29. The summed E-state index contributed by atoms with van der Waals surface area (Å²) in [5.41, 5.74) is 1.08. The molecule has 1 aromatic carbocycles. The Bertz CT molecular complexity index is 431. The van der Waals surface area contributed by atoms with Gasteiger partial charge in [0.25, 0.3) is 0 Å². The van der Waals surface area contributed by atoms with Crippen LogP contribution in [-0.2, 0) is 0 Å². The van der Waals surface area contributed by atoms with Crippen LogP contribution in [-0.4, -0.2) is 9.78 Å². The summed E-state index contributed by atoms with van der Waals surface area (Å²) in [5.74, 6) is 0. The zero-order valence-corrected chi connectivity index (χ0v) is 9.82. The minimum Gasteiger partial charge on any atom is -0.269 e. The van der Waals surface area contributed by atoms with Gasteiger partial charge in [0.1, 0.15) is 0 Å². The Labute approximate surface area is 91.1 Å². The summed E-state index contributed by atoms with van der Waals surface area (Å²) >= 11 is 2.31. The van der Waals surface area contributed by atoms with Crippen molar-refractivity contribution in [2.24, 2.45) is 0 Å². The van der Waals surface area contributed by atoms with Crippen LogP contribution in [0.15, 0.2) is 24.4 Å². The predicted molar refractivity (Wildman–Crippen MR) is 62.8 cm³/mol. The molecule has 0 saturated heterocycles. The van der Waals surface area contributed by atoms with Crippen molar-refractivity contribution in [3.05, 3.63) is 28.0 Å². The molecular weight excluding hydrogens is 275 g/mol. The Balaban J connectivity index is 2.62. The highest BCUT2D eigenvalue weighted by molar-refractivity contribution is 14.1.